The Labute approximate surface area is 555 Å². The maximum Gasteiger partial charge on any atom is 0.138 e. The highest BCUT2D eigenvalue weighted by molar-refractivity contribution is 7.99. The summed E-state index contributed by atoms with van der Waals surface area (Å²) < 4.78 is 0. The number of aryl methyl sites for hydroxylation is 2. The van der Waals surface area contributed by atoms with E-state index >= 15 is 0 Å². The average Bonchev–Trinajstić information content (AvgIpc) is 1.77. The van der Waals surface area contributed by atoms with Gasteiger partial charge in [-0.1, -0.05) is 156 Å². The zero-order valence-corrected chi connectivity index (χ0v) is 56.7. The number of aliphatic imine (C=N–C) groups is 1. The fourth-order valence-corrected chi connectivity index (χ4v) is 14.6. The van der Waals surface area contributed by atoms with Gasteiger partial charge >= 0.3 is 0 Å². The number of rotatable bonds is 9. The number of hydrogen-bond acceptors (Lipinski definition) is 11. The van der Waals surface area contributed by atoms with Gasteiger partial charge < -0.3 is 34.7 Å². The minimum atomic E-state index is 0.497. The van der Waals surface area contributed by atoms with Crippen molar-refractivity contribution < 1.29 is 0 Å². The predicted octanol–water partition coefficient (Wildman–Crippen LogP) is 17.2. The van der Waals surface area contributed by atoms with Crippen LogP contribution in [0.25, 0.3) is 17.7 Å². The van der Waals surface area contributed by atoms with Gasteiger partial charge in [0.2, 0.25) is 0 Å². The lowest BCUT2D eigenvalue weighted by Crippen LogP contribution is -2.47. The number of benzene rings is 8. The summed E-state index contributed by atoms with van der Waals surface area (Å²) in [5, 5.41) is 5.02. The van der Waals surface area contributed by atoms with E-state index in [1.807, 2.05) is 53.9 Å². The van der Waals surface area contributed by atoms with Gasteiger partial charge in [0.15, 0.2) is 0 Å². The van der Waals surface area contributed by atoms with Crippen molar-refractivity contribution in [3.63, 3.8) is 0 Å². The number of amidine groups is 1. The Hall–Kier alpha value is -6.61. The minimum Gasteiger partial charge on any atom is -0.353 e. The molecule has 90 heavy (non-hydrogen) atoms. The molecule has 1 atom stereocenters. The summed E-state index contributed by atoms with van der Waals surface area (Å²) in [5.41, 5.74) is 19.2. The Morgan fingerprint density at radius 2 is 1.18 bits per heavy atom. The second-order valence-electron chi connectivity index (χ2n) is 24.7. The van der Waals surface area contributed by atoms with Crippen LogP contribution in [0.3, 0.4) is 0 Å². The highest BCUT2D eigenvalue weighted by Gasteiger charge is 2.30. The second-order valence-corrected chi connectivity index (χ2v) is 27.5. The number of nitrogens with one attached hydrogen (secondary N) is 1. The van der Waals surface area contributed by atoms with E-state index < -0.39 is 0 Å². The normalized spacial score (nSPS) is 16.7. The monoisotopic (exact) mass is 1270 g/mol. The molecule has 0 spiro atoms. The van der Waals surface area contributed by atoms with Crippen LogP contribution in [0.4, 0.5) is 28.4 Å². The van der Waals surface area contributed by atoms with Crippen LogP contribution in [-0.2, 0) is 19.3 Å². The van der Waals surface area contributed by atoms with Crippen molar-refractivity contribution in [2.75, 3.05) is 131 Å². The molecule has 8 aromatic rings. The molecule has 6 aliphatic rings. The lowest BCUT2D eigenvalue weighted by Gasteiger charge is -2.38. The number of nitrogens with zero attached hydrogens (tertiary/aromatic N) is 8. The minimum absolute atomic E-state index is 0.497. The molecule has 14 rings (SSSR count). The Bertz CT molecular complexity index is 3770. The summed E-state index contributed by atoms with van der Waals surface area (Å²) in [6.45, 7) is 11.9. The number of thioether (sulfide) groups is 1. The van der Waals surface area contributed by atoms with E-state index in [0.717, 1.165) is 124 Å². The van der Waals surface area contributed by atoms with Gasteiger partial charge in [-0.3, -0.25) is 4.90 Å². The van der Waals surface area contributed by atoms with E-state index in [-0.39, 0.29) is 0 Å². The van der Waals surface area contributed by atoms with Crippen LogP contribution in [0, 0.1) is 0 Å². The standard InChI is InChI=1S/C20H24N2S2.C20H21N.C19H23ClN2.C18H19ClN4/c1-21-9-11-22(12-10-21)18-13-15-5-3-4-6-19(15)24-20-8-7-16(23-2)14-17(18)20;1-21(2)15-7-12-20-18-10-5-3-8-16(18)13-14-17-9-4-6-11-19(17)20;1-21(2)12-5-13-22-18-7-4-3-6-15(18)8-9-16-10-11-17(20)14-19(16)22;1-22-8-10-23(11-9-22)18-14-4-2-3-5-15(14)20-16-7-6-13(19)12-17(16)21-18/h3-8,14,18H,9-13H2,1-2H3;3-6,8-14H,7,15H2,1-2H3;3-4,6-7,10-11,14H,5,8-9,12-13H2,1-2H3;2-7,12,20H,8-11H2,1H3. The summed E-state index contributed by atoms with van der Waals surface area (Å²) in [4.78, 5) is 26.0. The molecule has 0 radical (unpaired) electrons. The number of para-hydroxylation sites is 2. The van der Waals surface area contributed by atoms with Gasteiger partial charge in [0.05, 0.1) is 11.4 Å². The smallest absolute Gasteiger partial charge is 0.138 e. The van der Waals surface area contributed by atoms with E-state index in [0.29, 0.717) is 11.1 Å². The van der Waals surface area contributed by atoms with Crippen molar-refractivity contribution in [1.82, 2.24) is 29.4 Å². The molecule has 9 nitrogen and oxygen atoms in total. The lowest BCUT2D eigenvalue weighted by atomic mass is 9.93. The summed E-state index contributed by atoms with van der Waals surface area (Å²) in [6.07, 6.45) is 14.5. The molecule has 1 N–H and O–H groups in total. The van der Waals surface area contributed by atoms with Crippen LogP contribution in [-0.4, -0.2) is 156 Å². The van der Waals surface area contributed by atoms with Gasteiger partial charge in [-0.15, -0.1) is 11.8 Å². The largest absolute Gasteiger partial charge is 0.353 e. The van der Waals surface area contributed by atoms with Gasteiger partial charge in [-0.05, 0) is 210 Å². The molecule has 5 aliphatic heterocycles. The van der Waals surface area contributed by atoms with Crippen LogP contribution in [0.5, 0.6) is 0 Å². The maximum atomic E-state index is 6.27. The number of halogens is 2. The van der Waals surface area contributed by atoms with Crippen molar-refractivity contribution >= 4 is 98.7 Å². The van der Waals surface area contributed by atoms with E-state index in [4.69, 9.17) is 28.2 Å². The van der Waals surface area contributed by atoms with Crippen molar-refractivity contribution in [3.8, 4) is 0 Å². The summed E-state index contributed by atoms with van der Waals surface area (Å²) in [7, 11) is 12.9. The quantitative estimate of drug-likeness (QED) is 0.141. The van der Waals surface area contributed by atoms with E-state index in [2.05, 4.69) is 252 Å². The lowest BCUT2D eigenvalue weighted by molar-refractivity contribution is 0.109. The molecule has 0 aromatic heterocycles. The molecule has 466 valence electrons. The Kier molecular flexibility index (Phi) is 22.5. The van der Waals surface area contributed by atoms with Crippen molar-refractivity contribution in [1.29, 1.82) is 0 Å². The Balaban J connectivity index is 0.000000124. The molecule has 13 heteroatoms. The SMILES string of the molecule is CN(C)CCC=C1c2ccccc2C=Cc2ccccc21.CN(C)CCCN1c2ccccc2CCc2ccc(Cl)cc21.CN1CCN(C2=Nc3cc(Cl)ccc3Nc3ccccc32)CC1.CSc1ccc2c(c1)C(N1CCN(C)CC1)Cc1ccccc1S2. The zero-order valence-electron chi connectivity index (χ0n) is 53.5. The molecule has 0 saturated carbocycles. The first-order valence-electron chi connectivity index (χ1n) is 31.9. The highest BCUT2D eigenvalue weighted by atomic mass is 35.5. The molecular formula is C77H87Cl2N9S2. The van der Waals surface area contributed by atoms with Crippen molar-refractivity contribution in [2.24, 2.45) is 4.99 Å². The average molecular weight is 1270 g/mol. The molecule has 5 heterocycles. The highest BCUT2D eigenvalue weighted by Crippen LogP contribution is 2.45. The number of likely N-dealkylation sites (N-methyl/N-ethyl adjacent to an activating group) is 2. The van der Waals surface area contributed by atoms with Crippen LogP contribution < -0.4 is 10.2 Å². The van der Waals surface area contributed by atoms with E-state index in [1.54, 1.807) is 0 Å². The molecule has 2 saturated heterocycles. The van der Waals surface area contributed by atoms with E-state index in [9.17, 15) is 0 Å². The molecule has 2 fully saturated rings. The van der Waals surface area contributed by atoms with Crippen LogP contribution >= 0.6 is 46.7 Å². The maximum absolute atomic E-state index is 6.27. The Morgan fingerprint density at radius 3 is 1.88 bits per heavy atom. The van der Waals surface area contributed by atoms with E-state index in [1.165, 1.54) is 89.2 Å². The molecule has 1 aliphatic carbocycles. The van der Waals surface area contributed by atoms with Gasteiger partial charge in [-0.25, -0.2) is 4.99 Å². The first kappa shape index (κ1) is 64.9. The Morgan fingerprint density at radius 1 is 0.578 bits per heavy atom. The number of piperazine rings is 2. The summed E-state index contributed by atoms with van der Waals surface area (Å²) in [6, 6.07) is 63.0. The number of hydrogen-bond donors (Lipinski definition) is 1. The molecular weight excluding hydrogens is 1190 g/mol. The third-order valence-electron chi connectivity index (χ3n) is 17.7. The van der Waals surface area contributed by atoms with Gasteiger partial charge in [0.1, 0.15) is 5.84 Å². The molecule has 8 aromatic carbocycles. The van der Waals surface area contributed by atoms with Gasteiger partial charge in [0, 0.05) is 119 Å². The molecule has 0 bridgehead atoms. The van der Waals surface area contributed by atoms with Gasteiger partial charge in [0.25, 0.3) is 0 Å². The van der Waals surface area contributed by atoms with Crippen LogP contribution in [0.2, 0.25) is 10.0 Å². The summed E-state index contributed by atoms with van der Waals surface area (Å²) in [5.74, 6) is 1.03. The van der Waals surface area contributed by atoms with Gasteiger partial charge in [-0.2, -0.15) is 0 Å². The second kappa shape index (κ2) is 31.1. The third kappa shape index (κ3) is 16.3. The molecule has 1 unspecified atom stereocenters. The first-order chi connectivity index (χ1) is 43.8. The number of fused-ring (bicyclic) bond motifs is 8. The van der Waals surface area contributed by atoms with Crippen molar-refractivity contribution in [3.05, 3.63) is 242 Å². The fourth-order valence-electron chi connectivity index (χ4n) is 12.7. The zero-order chi connectivity index (χ0) is 62.5. The van der Waals surface area contributed by atoms with Crippen molar-refractivity contribution in [2.45, 2.75) is 52.8 Å². The molecule has 0 amide bonds. The number of anilines is 4. The first-order valence-corrected chi connectivity index (χ1v) is 34.7. The predicted molar refractivity (Wildman–Crippen MR) is 388 cm³/mol. The fraction of sp³-hybridized carbons (Fsp3) is 0.312. The third-order valence-corrected chi connectivity index (χ3v) is 20.1. The van der Waals surface area contributed by atoms with Crippen LogP contribution in [0.15, 0.2) is 202 Å². The topological polar surface area (TPSA) is 47.1 Å². The summed E-state index contributed by atoms with van der Waals surface area (Å²) >= 11 is 16.2. The van der Waals surface area contributed by atoms with Crippen LogP contribution in [0.1, 0.15) is 69.0 Å².